The molecule has 0 unspecified atom stereocenters. The lowest BCUT2D eigenvalue weighted by molar-refractivity contribution is 0.140. The third kappa shape index (κ3) is 6.19. The molecule has 1 saturated heterocycles. The number of aryl methyl sites for hydroxylation is 1. The molecule has 0 aromatic carbocycles. The first-order chi connectivity index (χ1) is 9.20. The zero-order valence-electron chi connectivity index (χ0n) is 13.4. The van der Waals surface area contributed by atoms with Crippen molar-refractivity contribution in [3.8, 4) is 0 Å². The van der Waals surface area contributed by atoms with Gasteiger partial charge in [-0.05, 0) is 30.9 Å². The topological polar surface area (TPSA) is 28.4 Å². The summed E-state index contributed by atoms with van der Waals surface area (Å²) in [7, 11) is 0. The molecule has 3 nitrogen and oxygen atoms in total. The average molecular weight is 337 g/mol. The molecule has 0 radical (unpaired) electrons. The van der Waals surface area contributed by atoms with Crippen LogP contribution >= 0.6 is 24.8 Å². The summed E-state index contributed by atoms with van der Waals surface area (Å²) >= 11 is 0. The Labute approximate surface area is 141 Å². The predicted molar refractivity (Wildman–Crippen MR) is 93.8 cm³/mol. The van der Waals surface area contributed by atoms with Gasteiger partial charge < -0.3 is 9.73 Å². The Morgan fingerprint density at radius 3 is 2.33 bits per heavy atom. The van der Waals surface area contributed by atoms with E-state index in [4.69, 9.17) is 4.42 Å². The fourth-order valence-electron chi connectivity index (χ4n) is 2.75. The van der Waals surface area contributed by atoms with Crippen molar-refractivity contribution in [3.05, 3.63) is 23.7 Å². The van der Waals surface area contributed by atoms with Crippen LogP contribution in [0.3, 0.4) is 0 Å². The number of hydrogen-bond acceptors (Lipinski definition) is 3. The molecule has 0 saturated carbocycles. The van der Waals surface area contributed by atoms with Gasteiger partial charge in [-0.1, -0.05) is 20.8 Å². The van der Waals surface area contributed by atoms with Crippen LogP contribution in [0, 0.1) is 5.92 Å². The van der Waals surface area contributed by atoms with Gasteiger partial charge in [0.2, 0.25) is 0 Å². The number of nitrogens with one attached hydrogen (secondary N) is 1. The van der Waals surface area contributed by atoms with Crippen LogP contribution < -0.4 is 5.32 Å². The van der Waals surface area contributed by atoms with Crippen molar-refractivity contribution in [2.75, 3.05) is 26.2 Å². The fraction of sp³-hybridized carbons (Fsp3) is 0.750. The molecular weight excluding hydrogens is 307 g/mol. The van der Waals surface area contributed by atoms with E-state index < -0.39 is 0 Å². The second-order valence-electron chi connectivity index (χ2n) is 5.93. The van der Waals surface area contributed by atoms with Gasteiger partial charge in [0.25, 0.3) is 0 Å². The molecule has 2 rings (SSSR count). The summed E-state index contributed by atoms with van der Waals surface area (Å²) in [5, 5.41) is 3.43. The third-order valence-electron chi connectivity index (χ3n) is 3.97. The van der Waals surface area contributed by atoms with E-state index in [0.717, 1.165) is 44.3 Å². The van der Waals surface area contributed by atoms with Gasteiger partial charge in [-0.15, -0.1) is 24.8 Å². The molecule has 124 valence electrons. The Morgan fingerprint density at radius 2 is 1.81 bits per heavy atom. The van der Waals surface area contributed by atoms with E-state index in [1.807, 2.05) is 0 Å². The minimum Gasteiger partial charge on any atom is -0.464 e. The molecule has 1 fully saturated rings. The molecular formula is C16H30Cl2N2O. The van der Waals surface area contributed by atoms with Crippen LogP contribution in [0.2, 0.25) is 0 Å². The van der Waals surface area contributed by atoms with E-state index in [-0.39, 0.29) is 24.8 Å². The van der Waals surface area contributed by atoms with Crippen molar-refractivity contribution < 1.29 is 4.42 Å². The largest absolute Gasteiger partial charge is 0.464 e. The number of nitrogens with zero attached hydrogens (tertiary/aromatic N) is 1. The van der Waals surface area contributed by atoms with Crippen molar-refractivity contribution >= 4 is 24.8 Å². The molecule has 1 atom stereocenters. The van der Waals surface area contributed by atoms with Gasteiger partial charge in [0.15, 0.2) is 0 Å². The first-order valence-corrected chi connectivity index (χ1v) is 7.74. The highest BCUT2D eigenvalue weighted by Gasteiger charge is 2.24. The Hall–Kier alpha value is -0.220. The minimum atomic E-state index is 0. The number of rotatable bonds is 6. The van der Waals surface area contributed by atoms with E-state index in [0.29, 0.717) is 6.04 Å². The van der Waals surface area contributed by atoms with E-state index in [1.165, 1.54) is 18.6 Å². The second-order valence-corrected chi connectivity index (χ2v) is 5.93. The maximum atomic E-state index is 6.02. The Balaban J connectivity index is 0.00000200. The average Bonchev–Trinajstić information content (AvgIpc) is 2.89. The van der Waals surface area contributed by atoms with E-state index in [9.17, 15) is 0 Å². The maximum absolute atomic E-state index is 6.02. The van der Waals surface area contributed by atoms with Gasteiger partial charge in [0.05, 0.1) is 6.04 Å². The summed E-state index contributed by atoms with van der Waals surface area (Å²) in [6, 6.07) is 4.79. The van der Waals surface area contributed by atoms with Gasteiger partial charge in [-0.25, -0.2) is 0 Å². The van der Waals surface area contributed by atoms with Gasteiger partial charge in [0.1, 0.15) is 11.5 Å². The monoisotopic (exact) mass is 336 g/mol. The Bertz CT molecular complexity index is 376. The third-order valence-corrected chi connectivity index (χ3v) is 3.97. The second kappa shape index (κ2) is 10.5. The first kappa shape index (κ1) is 20.8. The fourth-order valence-corrected chi connectivity index (χ4v) is 2.75. The SMILES string of the molecule is CCc1ccc([C@H](CCC(C)C)N2CCNCC2)o1.Cl.Cl. The standard InChI is InChI=1S/C16H28N2O.2ClH/c1-4-14-6-8-16(19-14)15(7-5-13(2)3)18-11-9-17-10-12-18;;/h6,8,13,15,17H,4-5,7,9-12H2,1-3H3;2*1H/t15-;;/m0../s1. The number of piperazine rings is 1. The smallest absolute Gasteiger partial charge is 0.121 e. The lowest BCUT2D eigenvalue weighted by Crippen LogP contribution is -2.45. The molecule has 0 aliphatic carbocycles. The summed E-state index contributed by atoms with van der Waals surface area (Å²) < 4.78 is 6.02. The highest BCUT2D eigenvalue weighted by Crippen LogP contribution is 2.29. The molecule has 1 aliphatic rings. The minimum absolute atomic E-state index is 0. The highest BCUT2D eigenvalue weighted by atomic mass is 35.5. The molecule has 0 amide bonds. The van der Waals surface area contributed by atoms with E-state index >= 15 is 0 Å². The summed E-state index contributed by atoms with van der Waals surface area (Å²) in [6.45, 7) is 11.2. The molecule has 1 N–H and O–H groups in total. The van der Waals surface area contributed by atoms with Gasteiger partial charge in [-0.2, -0.15) is 0 Å². The van der Waals surface area contributed by atoms with Crippen LogP contribution in [0.1, 0.15) is 51.2 Å². The van der Waals surface area contributed by atoms with Crippen LogP contribution in [0.5, 0.6) is 0 Å². The van der Waals surface area contributed by atoms with Gasteiger partial charge >= 0.3 is 0 Å². The Morgan fingerprint density at radius 1 is 1.14 bits per heavy atom. The summed E-state index contributed by atoms with van der Waals surface area (Å²) in [6.07, 6.45) is 3.45. The van der Waals surface area contributed by atoms with E-state index in [1.54, 1.807) is 0 Å². The quantitative estimate of drug-likeness (QED) is 0.848. The molecule has 1 aliphatic heterocycles. The zero-order valence-corrected chi connectivity index (χ0v) is 15.1. The molecule has 0 spiro atoms. The van der Waals surface area contributed by atoms with Crippen molar-refractivity contribution in [2.45, 2.75) is 46.1 Å². The van der Waals surface area contributed by atoms with Crippen LogP contribution in [0.15, 0.2) is 16.5 Å². The van der Waals surface area contributed by atoms with Crippen LogP contribution in [-0.2, 0) is 6.42 Å². The molecule has 5 heteroatoms. The zero-order chi connectivity index (χ0) is 13.7. The highest BCUT2D eigenvalue weighted by molar-refractivity contribution is 5.85. The maximum Gasteiger partial charge on any atom is 0.121 e. The molecule has 2 heterocycles. The van der Waals surface area contributed by atoms with Crippen LogP contribution in [-0.4, -0.2) is 31.1 Å². The molecule has 21 heavy (non-hydrogen) atoms. The van der Waals surface area contributed by atoms with Crippen LogP contribution in [0.4, 0.5) is 0 Å². The summed E-state index contributed by atoms with van der Waals surface area (Å²) in [4.78, 5) is 2.58. The van der Waals surface area contributed by atoms with Gasteiger partial charge in [-0.3, -0.25) is 4.90 Å². The number of furan rings is 1. The first-order valence-electron chi connectivity index (χ1n) is 7.74. The normalized spacial score (nSPS) is 17.1. The lowest BCUT2D eigenvalue weighted by atomic mass is 10.00. The number of hydrogen-bond donors (Lipinski definition) is 1. The van der Waals surface area contributed by atoms with E-state index in [2.05, 4.69) is 43.1 Å². The molecule has 0 bridgehead atoms. The van der Waals surface area contributed by atoms with Crippen molar-refractivity contribution in [3.63, 3.8) is 0 Å². The van der Waals surface area contributed by atoms with Crippen molar-refractivity contribution in [1.29, 1.82) is 0 Å². The van der Waals surface area contributed by atoms with Crippen molar-refractivity contribution in [1.82, 2.24) is 10.2 Å². The summed E-state index contributed by atoms with van der Waals surface area (Å²) in [5.41, 5.74) is 0. The molecule has 1 aromatic rings. The van der Waals surface area contributed by atoms with Crippen molar-refractivity contribution in [2.24, 2.45) is 5.92 Å². The lowest BCUT2D eigenvalue weighted by Gasteiger charge is -2.34. The summed E-state index contributed by atoms with van der Waals surface area (Å²) in [5.74, 6) is 3.03. The Kier molecular flexibility index (Phi) is 10.4. The van der Waals surface area contributed by atoms with Gasteiger partial charge in [0, 0.05) is 32.6 Å². The predicted octanol–water partition coefficient (Wildman–Crippen LogP) is 4.07. The number of halogens is 2. The molecule has 1 aromatic heterocycles. The van der Waals surface area contributed by atoms with Crippen LogP contribution in [0.25, 0.3) is 0 Å².